The van der Waals surface area contributed by atoms with Crippen LogP contribution in [-0.4, -0.2) is 36.7 Å². The zero-order chi connectivity index (χ0) is 20.4. The Hall–Kier alpha value is -3.29. The Bertz CT molecular complexity index is 940. The minimum Gasteiger partial charge on any atom is -0.493 e. The quantitative estimate of drug-likeness (QED) is 0.775. The number of amides is 3. The summed E-state index contributed by atoms with van der Waals surface area (Å²) in [5.74, 6) is 1.66. The lowest BCUT2D eigenvalue weighted by molar-refractivity contribution is -0.123. The molecule has 2 aliphatic rings. The van der Waals surface area contributed by atoms with Crippen LogP contribution < -0.4 is 24.4 Å². The second-order valence-electron chi connectivity index (χ2n) is 7.18. The summed E-state index contributed by atoms with van der Waals surface area (Å²) in [7, 11) is 3.10. The van der Waals surface area contributed by atoms with Gasteiger partial charge in [0.2, 0.25) is 5.88 Å². The van der Waals surface area contributed by atoms with Gasteiger partial charge >= 0.3 is 6.03 Å². The highest BCUT2D eigenvalue weighted by Crippen LogP contribution is 2.37. The van der Waals surface area contributed by atoms with Gasteiger partial charge in [0.25, 0.3) is 5.91 Å². The summed E-state index contributed by atoms with van der Waals surface area (Å²) < 4.78 is 16.3. The minimum absolute atomic E-state index is 0.203. The van der Waals surface area contributed by atoms with Crippen LogP contribution >= 0.6 is 0 Å². The first-order valence-corrected chi connectivity index (χ1v) is 9.59. The van der Waals surface area contributed by atoms with Gasteiger partial charge in [-0.3, -0.25) is 4.79 Å². The number of urea groups is 1. The number of nitrogens with zero attached hydrogens (tertiary/aromatic N) is 2. The SMILES string of the molecule is COc1ccc(Oc2cc(N3C(=O)NC4(CCCCC4)C3=O)ccn2)cc1OC. The third-order valence-electron chi connectivity index (χ3n) is 5.42. The van der Waals surface area contributed by atoms with Crippen molar-refractivity contribution >= 4 is 17.6 Å². The number of methoxy groups -OCH3 is 2. The summed E-state index contributed by atoms with van der Waals surface area (Å²) in [6.07, 6.45) is 5.82. The number of carbonyl (C=O) groups is 2. The molecular weight excluding hydrogens is 374 g/mol. The molecule has 1 saturated heterocycles. The molecule has 8 heteroatoms. The Morgan fingerprint density at radius 1 is 1.00 bits per heavy atom. The van der Waals surface area contributed by atoms with E-state index < -0.39 is 11.6 Å². The molecule has 1 spiro atoms. The van der Waals surface area contributed by atoms with Crippen LogP contribution in [0.4, 0.5) is 10.5 Å². The van der Waals surface area contributed by atoms with Crippen molar-refractivity contribution in [3.63, 3.8) is 0 Å². The van der Waals surface area contributed by atoms with Crippen LogP contribution in [0.25, 0.3) is 0 Å². The molecule has 2 fully saturated rings. The molecule has 29 heavy (non-hydrogen) atoms. The maximum atomic E-state index is 13.1. The van der Waals surface area contributed by atoms with Gasteiger partial charge in [-0.25, -0.2) is 14.7 Å². The van der Waals surface area contributed by atoms with E-state index >= 15 is 0 Å². The van der Waals surface area contributed by atoms with E-state index in [9.17, 15) is 9.59 Å². The summed E-state index contributed by atoms with van der Waals surface area (Å²) in [5, 5.41) is 2.91. The number of ether oxygens (including phenoxy) is 3. The van der Waals surface area contributed by atoms with Crippen molar-refractivity contribution in [2.45, 2.75) is 37.6 Å². The number of hydrogen-bond donors (Lipinski definition) is 1. The van der Waals surface area contributed by atoms with Crippen molar-refractivity contribution in [2.75, 3.05) is 19.1 Å². The number of aromatic nitrogens is 1. The molecule has 8 nitrogen and oxygen atoms in total. The zero-order valence-electron chi connectivity index (χ0n) is 16.4. The summed E-state index contributed by atoms with van der Waals surface area (Å²) in [5.41, 5.74) is -0.344. The maximum Gasteiger partial charge on any atom is 0.329 e. The van der Waals surface area contributed by atoms with E-state index in [0.29, 0.717) is 35.8 Å². The summed E-state index contributed by atoms with van der Waals surface area (Å²) >= 11 is 0. The van der Waals surface area contributed by atoms with Crippen molar-refractivity contribution in [2.24, 2.45) is 0 Å². The lowest BCUT2D eigenvalue weighted by Gasteiger charge is -2.30. The fourth-order valence-corrected chi connectivity index (χ4v) is 3.94. The number of pyridine rings is 1. The predicted molar refractivity (Wildman–Crippen MR) is 106 cm³/mol. The second kappa shape index (κ2) is 7.62. The van der Waals surface area contributed by atoms with E-state index in [-0.39, 0.29) is 11.8 Å². The maximum absolute atomic E-state index is 13.1. The van der Waals surface area contributed by atoms with Crippen LogP contribution in [0.2, 0.25) is 0 Å². The van der Waals surface area contributed by atoms with Crippen LogP contribution in [0, 0.1) is 0 Å². The van der Waals surface area contributed by atoms with Crippen LogP contribution in [0.1, 0.15) is 32.1 Å². The number of hydrogen-bond acceptors (Lipinski definition) is 6. The summed E-state index contributed by atoms with van der Waals surface area (Å²) in [6.45, 7) is 0. The fraction of sp³-hybridized carbons (Fsp3) is 0.381. The summed E-state index contributed by atoms with van der Waals surface area (Å²) in [6, 6.07) is 7.93. The molecule has 1 N–H and O–H groups in total. The van der Waals surface area contributed by atoms with Crippen LogP contribution in [0.3, 0.4) is 0 Å². The second-order valence-corrected chi connectivity index (χ2v) is 7.18. The molecule has 3 amide bonds. The molecule has 0 atom stereocenters. The topological polar surface area (TPSA) is 90.0 Å². The van der Waals surface area contributed by atoms with E-state index in [1.165, 1.54) is 11.1 Å². The first-order chi connectivity index (χ1) is 14.1. The number of carbonyl (C=O) groups excluding carboxylic acids is 2. The highest BCUT2D eigenvalue weighted by molar-refractivity contribution is 6.23. The molecule has 1 aliphatic carbocycles. The van der Waals surface area contributed by atoms with Gasteiger partial charge in [0.15, 0.2) is 11.5 Å². The average Bonchev–Trinajstić information content (AvgIpc) is 2.97. The number of nitrogens with one attached hydrogen (secondary N) is 1. The lowest BCUT2D eigenvalue weighted by atomic mass is 9.82. The lowest BCUT2D eigenvalue weighted by Crippen LogP contribution is -2.48. The van der Waals surface area contributed by atoms with Crippen LogP contribution in [-0.2, 0) is 4.79 Å². The zero-order valence-corrected chi connectivity index (χ0v) is 16.4. The predicted octanol–water partition coefficient (Wildman–Crippen LogP) is 3.65. The highest BCUT2D eigenvalue weighted by atomic mass is 16.5. The van der Waals surface area contributed by atoms with Crippen molar-refractivity contribution in [3.8, 4) is 23.1 Å². The van der Waals surface area contributed by atoms with Crippen molar-refractivity contribution in [1.29, 1.82) is 0 Å². The van der Waals surface area contributed by atoms with Crippen molar-refractivity contribution < 1.29 is 23.8 Å². The molecule has 1 aliphatic heterocycles. The third kappa shape index (κ3) is 3.46. The smallest absolute Gasteiger partial charge is 0.329 e. The molecule has 152 valence electrons. The Morgan fingerprint density at radius 2 is 1.76 bits per heavy atom. The molecular formula is C21H23N3O5. The molecule has 0 radical (unpaired) electrons. The average molecular weight is 397 g/mol. The Kier molecular flexibility index (Phi) is 5.00. The van der Waals surface area contributed by atoms with Crippen molar-refractivity contribution in [1.82, 2.24) is 10.3 Å². The first-order valence-electron chi connectivity index (χ1n) is 9.59. The Balaban J connectivity index is 1.58. The standard InChI is InChI=1S/C21H23N3O5/c1-27-16-7-6-15(13-17(16)28-2)29-18-12-14(8-11-22-18)24-19(25)21(23-20(24)26)9-4-3-5-10-21/h6-8,11-13H,3-5,9-10H2,1-2H3,(H,23,26). The molecule has 4 rings (SSSR count). The van der Waals surface area contributed by atoms with Crippen LogP contribution in [0.15, 0.2) is 36.5 Å². The number of rotatable bonds is 5. The third-order valence-corrected chi connectivity index (χ3v) is 5.42. The van der Waals surface area contributed by atoms with Gasteiger partial charge in [-0.05, 0) is 31.0 Å². The van der Waals surface area contributed by atoms with Crippen LogP contribution in [0.5, 0.6) is 23.1 Å². The van der Waals surface area contributed by atoms with Gasteiger partial charge in [0.05, 0.1) is 19.9 Å². The first kappa shape index (κ1) is 19.0. The Labute approximate surface area is 168 Å². The fourth-order valence-electron chi connectivity index (χ4n) is 3.94. The van der Waals surface area contributed by atoms with E-state index in [1.54, 1.807) is 44.6 Å². The normalized spacial score (nSPS) is 17.9. The monoisotopic (exact) mass is 397 g/mol. The van der Waals surface area contributed by atoms with Gasteiger partial charge in [-0.2, -0.15) is 0 Å². The Morgan fingerprint density at radius 3 is 2.48 bits per heavy atom. The molecule has 1 aromatic carbocycles. The number of benzene rings is 1. The highest BCUT2D eigenvalue weighted by Gasteiger charge is 2.51. The van der Waals surface area contributed by atoms with Gasteiger partial charge < -0.3 is 19.5 Å². The minimum atomic E-state index is -0.775. The van der Waals surface area contributed by atoms with E-state index in [0.717, 1.165) is 19.3 Å². The summed E-state index contributed by atoms with van der Waals surface area (Å²) in [4.78, 5) is 31.0. The molecule has 1 aromatic heterocycles. The molecule has 2 aromatic rings. The largest absolute Gasteiger partial charge is 0.493 e. The number of imide groups is 1. The molecule has 0 unspecified atom stereocenters. The van der Waals surface area contributed by atoms with E-state index in [2.05, 4.69) is 10.3 Å². The van der Waals surface area contributed by atoms with Crippen molar-refractivity contribution in [3.05, 3.63) is 36.5 Å². The molecule has 1 saturated carbocycles. The molecule has 2 heterocycles. The molecule has 0 bridgehead atoms. The van der Waals surface area contributed by atoms with Gasteiger partial charge in [0.1, 0.15) is 11.3 Å². The van der Waals surface area contributed by atoms with E-state index in [1.807, 2.05) is 0 Å². The van der Waals surface area contributed by atoms with Gasteiger partial charge in [0, 0.05) is 18.3 Å². The van der Waals surface area contributed by atoms with Gasteiger partial charge in [-0.1, -0.05) is 19.3 Å². The van der Waals surface area contributed by atoms with Gasteiger partial charge in [-0.15, -0.1) is 0 Å². The number of anilines is 1. The van der Waals surface area contributed by atoms with E-state index in [4.69, 9.17) is 14.2 Å².